The molecule has 8 nitrogen and oxygen atoms in total. The van der Waals surface area contributed by atoms with Gasteiger partial charge in [0.05, 0.1) is 27.7 Å². The molecule has 0 heterocycles. The number of allylic oxidation sites excluding steroid dienone is 6. The largest absolute Gasteiger partial charge is 0.756 e. The van der Waals surface area contributed by atoms with Gasteiger partial charge in [-0.1, -0.05) is 69.1 Å². The number of esters is 1. The molecule has 0 aromatic carbocycles. The number of aliphatic hydroxyl groups excluding tert-OH is 1. The summed E-state index contributed by atoms with van der Waals surface area (Å²) in [5.74, 6) is -0.411. The van der Waals surface area contributed by atoms with Crippen LogP contribution < -0.4 is 4.89 Å². The smallest absolute Gasteiger partial charge is 0.305 e. The van der Waals surface area contributed by atoms with Crippen molar-refractivity contribution >= 4 is 13.8 Å². The lowest BCUT2D eigenvalue weighted by Gasteiger charge is -2.27. The first-order chi connectivity index (χ1) is 17.6. The van der Waals surface area contributed by atoms with Crippen molar-refractivity contribution in [2.45, 2.75) is 90.1 Å². The van der Waals surface area contributed by atoms with Gasteiger partial charge in [0.1, 0.15) is 25.9 Å². The van der Waals surface area contributed by atoms with Gasteiger partial charge in [-0.3, -0.25) is 9.36 Å². The average Bonchev–Trinajstić information content (AvgIpc) is 2.82. The lowest BCUT2D eigenvalue weighted by molar-refractivity contribution is -0.870. The number of carbonyl (C=O) groups is 1. The first-order valence-corrected chi connectivity index (χ1v) is 15.2. The highest BCUT2D eigenvalue weighted by atomic mass is 31.2. The molecule has 0 saturated heterocycles. The number of likely N-dealkylation sites (N-methyl/N-ethyl adjacent to an activating group) is 1. The molecule has 0 amide bonds. The van der Waals surface area contributed by atoms with E-state index in [2.05, 4.69) is 47.9 Å². The number of aliphatic hydroxyl groups is 1. The maximum Gasteiger partial charge on any atom is 0.305 e. The van der Waals surface area contributed by atoms with E-state index in [0.29, 0.717) is 11.0 Å². The fraction of sp³-hybridized carbons (Fsp3) is 0.750. The van der Waals surface area contributed by atoms with Crippen LogP contribution in [0.1, 0.15) is 84.0 Å². The molecule has 0 fully saturated rings. The minimum atomic E-state index is -4.50. The predicted octanol–water partition coefficient (Wildman–Crippen LogP) is 5.47. The topological polar surface area (TPSA) is 105 Å². The SMILES string of the molecule is CCCCC/C=C/C/C=C/C/C=C/CCCCCCC(=O)OC[C@@H](O)COP(=O)([O-])OCC[N+](C)(C)C. The second-order valence-electron chi connectivity index (χ2n) is 10.3. The highest BCUT2D eigenvalue weighted by Gasteiger charge is 2.16. The molecule has 0 aliphatic heterocycles. The van der Waals surface area contributed by atoms with Gasteiger partial charge < -0.3 is 28.3 Å². The van der Waals surface area contributed by atoms with E-state index in [1.165, 1.54) is 25.7 Å². The third-order valence-electron chi connectivity index (χ3n) is 5.39. The van der Waals surface area contributed by atoms with Crippen LogP contribution in [-0.4, -0.2) is 69.2 Å². The van der Waals surface area contributed by atoms with E-state index in [4.69, 9.17) is 9.26 Å². The van der Waals surface area contributed by atoms with Gasteiger partial charge in [0, 0.05) is 6.42 Å². The molecular formula is C28H52NO7P. The predicted molar refractivity (Wildman–Crippen MR) is 148 cm³/mol. The number of rotatable bonds is 24. The van der Waals surface area contributed by atoms with Crippen molar-refractivity contribution < 1.29 is 37.6 Å². The molecule has 0 aliphatic carbocycles. The first kappa shape index (κ1) is 35.7. The molecule has 0 radical (unpaired) electrons. The van der Waals surface area contributed by atoms with Crippen molar-refractivity contribution in [2.75, 3.05) is 47.5 Å². The molecule has 9 heteroatoms. The summed E-state index contributed by atoms with van der Waals surface area (Å²) < 4.78 is 26.6. The third kappa shape index (κ3) is 27.6. The van der Waals surface area contributed by atoms with Crippen LogP contribution in [0.2, 0.25) is 0 Å². The maximum atomic E-state index is 11.8. The van der Waals surface area contributed by atoms with Crippen LogP contribution in [0, 0.1) is 0 Å². The number of quaternary nitrogens is 1. The van der Waals surface area contributed by atoms with Crippen molar-refractivity contribution in [1.82, 2.24) is 0 Å². The summed E-state index contributed by atoms with van der Waals surface area (Å²) in [6.45, 7) is 1.87. The molecule has 0 spiro atoms. The number of unbranched alkanes of at least 4 members (excludes halogenated alkanes) is 7. The summed E-state index contributed by atoms with van der Waals surface area (Å²) in [6, 6.07) is 0. The molecule has 0 aromatic rings. The van der Waals surface area contributed by atoms with Crippen LogP contribution in [0.3, 0.4) is 0 Å². The Kier molecular flexibility index (Phi) is 21.9. The molecule has 0 bridgehead atoms. The van der Waals surface area contributed by atoms with Crippen molar-refractivity contribution in [3.05, 3.63) is 36.5 Å². The average molecular weight is 546 g/mol. The second kappa shape index (κ2) is 22.7. The minimum Gasteiger partial charge on any atom is -0.756 e. The lowest BCUT2D eigenvalue weighted by atomic mass is 10.1. The number of carbonyl (C=O) groups excluding carboxylic acids is 1. The molecule has 2 atom stereocenters. The fourth-order valence-electron chi connectivity index (χ4n) is 3.13. The summed E-state index contributed by atoms with van der Waals surface area (Å²) in [5.41, 5.74) is 0. The van der Waals surface area contributed by atoms with E-state index in [1.807, 2.05) is 21.1 Å². The van der Waals surface area contributed by atoms with Crippen LogP contribution in [0.5, 0.6) is 0 Å². The molecule has 37 heavy (non-hydrogen) atoms. The summed E-state index contributed by atoms with van der Waals surface area (Å²) >= 11 is 0. The standard InChI is InChI=1S/C28H52NO7P/c1-5-6-7-8-9-10-11-12-13-14-15-16-17-18-19-20-21-22-28(31)34-25-27(30)26-36-37(32,33)35-24-23-29(2,3)4/h9-10,12-13,15-16,27,30H,5-8,11,14,17-26H2,1-4H3/b10-9+,13-12+,16-15+/t27-/m1/s1. The Hall–Kier alpha value is -1.28. The Balaban J connectivity index is 3.66. The molecule has 0 aliphatic rings. The van der Waals surface area contributed by atoms with Gasteiger partial charge in [-0.2, -0.15) is 0 Å². The van der Waals surface area contributed by atoms with Gasteiger partial charge in [-0.05, 0) is 44.9 Å². The maximum absolute atomic E-state index is 11.8. The molecular weight excluding hydrogens is 493 g/mol. The van der Waals surface area contributed by atoms with Gasteiger partial charge in [0.25, 0.3) is 7.82 Å². The van der Waals surface area contributed by atoms with Crippen LogP contribution in [0.4, 0.5) is 0 Å². The van der Waals surface area contributed by atoms with Crippen LogP contribution >= 0.6 is 7.82 Å². The van der Waals surface area contributed by atoms with Crippen molar-refractivity contribution in [1.29, 1.82) is 0 Å². The van der Waals surface area contributed by atoms with E-state index in [1.54, 1.807) is 0 Å². The highest BCUT2D eigenvalue weighted by molar-refractivity contribution is 7.45. The van der Waals surface area contributed by atoms with E-state index in [-0.39, 0.29) is 19.6 Å². The van der Waals surface area contributed by atoms with Gasteiger partial charge in [-0.25, -0.2) is 0 Å². The molecule has 0 saturated carbocycles. The molecule has 0 aromatic heterocycles. The highest BCUT2D eigenvalue weighted by Crippen LogP contribution is 2.38. The lowest BCUT2D eigenvalue weighted by Crippen LogP contribution is -2.37. The summed E-state index contributed by atoms with van der Waals surface area (Å²) in [7, 11) is 1.23. The number of hydrogen-bond donors (Lipinski definition) is 1. The fourth-order valence-corrected chi connectivity index (χ4v) is 3.86. The Labute approximate surface area is 225 Å². The van der Waals surface area contributed by atoms with Gasteiger partial charge in [0.2, 0.25) is 0 Å². The van der Waals surface area contributed by atoms with Crippen LogP contribution in [0.15, 0.2) is 36.5 Å². The van der Waals surface area contributed by atoms with Crippen molar-refractivity contribution in [2.24, 2.45) is 0 Å². The zero-order chi connectivity index (χ0) is 27.8. The van der Waals surface area contributed by atoms with Crippen LogP contribution in [0.25, 0.3) is 0 Å². The van der Waals surface area contributed by atoms with Gasteiger partial charge in [0.15, 0.2) is 0 Å². The second-order valence-corrected chi connectivity index (χ2v) is 11.7. The molecule has 0 rings (SSSR count). The monoisotopic (exact) mass is 545 g/mol. The van der Waals surface area contributed by atoms with E-state index in [9.17, 15) is 19.4 Å². The molecule has 1 unspecified atom stereocenters. The molecule has 216 valence electrons. The number of phosphoric ester groups is 1. The van der Waals surface area contributed by atoms with E-state index >= 15 is 0 Å². The zero-order valence-electron chi connectivity index (χ0n) is 23.6. The van der Waals surface area contributed by atoms with E-state index in [0.717, 1.165) is 44.9 Å². The Morgan fingerprint density at radius 1 is 0.865 bits per heavy atom. The first-order valence-electron chi connectivity index (χ1n) is 13.7. The summed E-state index contributed by atoms with van der Waals surface area (Å²) in [4.78, 5) is 23.5. The zero-order valence-corrected chi connectivity index (χ0v) is 24.5. The Morgan fingerprint density at radius 3 is 2.03 bits per heavy atom. The van der Waals surface area contributed by atoms with Gasteiger partial charge >= 0.3 is 5.97 Å². The number of ether oxygens (including phenoxy) is 1. The summed E-state index contributed by atoms with van der Waals surface area (Å²) in [6.07, 6.45) is 24.2. The Morgan fingerprint density at radius 2 is 1.43 bits per heavy atom. The molecule has 1 N–H and O–H groups in total. The van der Waals surface area contributed by atoms with E-state index < -0.39 is 26.5 Å². The minimum absolute atomic E-state index is 0.0135. The number of nitrogens with zero attached hydrogens (tertiary/aromatic N) is 1. The van der Waals surface area contributed by atoms with Crippen molar-refractivity contribution in [3.63, 3.8) is 0 Å². The van der Waals surface area contributed by atoms with Crippen LogP contribution in [-0.2, 0) is 23.1 Å². The third-order valence-corrected chi connectivity index (χ3v) is 6.36. The normalized spacial score (nSPS) is 15.1. The van der Waals surface area contributed by atoms with Gasteiger partial charge in [-0.15, -0.1) is 0 Å². The Bertz CT molecular complexity index is 701. The van der Waals surface area contributed by atoms with Crippen molar-refractivity contribution in [3.8, 4) is 0 Å². The number of hydrogen-bond acceptors (Lipinski definition) is 7. The summed E-state index contributed by atoms with van der Waals surface area (Å²) in [5, 5.41) is 9.80. The number of phosphoric acid groups is 1. The quantitative estimate of drug-likeness (QED) is 0.0564.